The fourth-order valence-electron chi connectivity index (χ4n) is 5.89. The highest BCUT2D eigenvalue weighted by Crippen LogP contribution is 2.62. The molecular formula is C24H26Cl2FN3O3. The number of carboxylic acid groups (broad SMARTS) is 1. The number of amides is 1. The first kappa shape index (κ1) is 23.9. The van der Waals surface area contributed by atoms with E-state index in [2.05, 4.69) is 36.1 Å². The number of carbonyl (C=O) groups is 2. The predicted molar refractivity (Wildman–Crippen MR) is 127 cm³/mol. The predicted octanol–water partition coefficient (Wildman–Crippen LogP) is 5.18. The smallest absolute Gasteiger partial charge is 0.321 e. The van der Waals surface area contributed by atoms with Crippen LogP contribution in [0.2, 0.25) is 5.02 Å². The number of carbonyl (C=O) groups excluding carboxylic acids is 1. The summed E-state index contributed by atoms with van der Waals surface area (Å²) >= 11 is 11.8. The van der Waals surface area contributed by atoms with Gasteiger partial charge in [-0.1, -0.05) is 49.7 Å². The van der Waals surface area contributed by atoms with Crippen LogP contribution in [0, 0.1) is 11.3 Å². The molecule has 3 aliphatic rings. The second kappa shape index (κ2) is 8.22. The Morgan fingerprint density at radius 1 is 1.30 bits per heavy atom. The maximum Gasteiger partial charge on any atom is 0.321 e. The quantitative estimate of drug-likeness (QED) is 0.398. The number of allylic oxidation sites excluding steroid dienone is 1. The number of nitrogens with zero attached hydrogens (tertiary/aromatic N) is 1. The fraction of sp³-hybridized carbons (Fsp3) is 0.458. The summed E-state index contributed by atoms with van der Waals surface area (Å²) in [6.45, 7) is 7.72. The molecule has 1 aromatic rings. The molecule has 9 heteroatoms. The number of fused-ring (bicyclic) bond motifs is 3. The van der Waals surface area contributed by atoms with Crippen molar-refractivity contribution < 1.29 is 19.1 Å². The number of aliphatic imine (C=N–C) groups is 1. The number of nitrogens with one attached hydrogen (secondary N) is 2. The van der Waals surface area contributed by atoms with Crippen molar-refractivity contribution in [3.8, 4) is 0 Å². The van der Waals surface area contributed by atoms with Gasteiger partial charge in [0, 0.05) is 22.5 Å². The molecule has 2 aliphatic heterocycles. The first-order valence-electron chi connectivity index (χ1n) is 10.8. The van der Waals surface area contributed by atoms with Crippen LogP contribution in [0.4, 0.5) is 10.1 Å². The SMILES string of the molecule is C=C(Cl)N=C/C=C(\F)[C@H]1[C@H](C(=O)O)NC2(CCC(C)(C)CC2)[C@@]12C(=O)Nc1cc(Cl)ccc12. The number of rotatable bonds is 4. The summed E-state index contributed by atoms with van der Waals surface area (Å²) in [5, 5.41) is 16.6. The molecule has 3 N–H and O–H groups in total. The van der Waals surface area contributed by atoms with Crippen LogP contribution < -0.4 is 10.6 Å². The lowest BCUT2D eigenvalue weighted by molar-refractivity contribution is -0.140. The Morgan fingerprint density at radius 3 is 2.58 bits per heavy atom. The Balaban J connectivity index is 1.97. The largest absolute Gasteiger partial charge is 0.480 e. The van der Waals surface area contributed by atoms with E-state index in [4.69, 9.17) is 23.2 Å². The number of hydrogen-bond donors (Lipinski definition) is 3. The van der Waals surface area contributed by atoms with Crippen molar-refractivity contribution in [2.45, 2.75) is 56.5 Å². The van der Waals surface area contributed by atoms with Gasteiger partial charge in [0.1, 0.15) is 22.4 Å². The third kappa shape index (κ3) is 3.70. The second-order valence-electron chi connectivity index (χ2n) is 9.84. The molecule has 1 saturated carbocycles. The van der Waals surface area contributed by atoms with E-state index >= 15 is 4.39 Å². The molecule has 176 valence electrons. The normalized spacial score (nSPS) is 30.1. The van der Waals surface area contributed by atoms with Gasteiger partial charge in [-0.25, -0.2) is 9.38 Å². The van der Waals surface area contributed by atoms with Crippen molar-refractivity contribution in [1.82, 2.24) is 5.32 Å². The molecule has 3 atom stereocenters. The van der Waals surface area contributed by atoms with Crippen LogP contribution in [-0.2, 0) is 15.0 Å². The standard InChI is InChI=1S/C24H26Cl2FN3O3/c1-13(25)28-11-6-16(27)18-19(20(31)32)30-23(9-7-22(2,3)8-10-23)24(18)15-5-4-14(26)12-17(15)29-21(24)33/h4-6,11-12,18-19,30H,1,7-10H2,2-3H3,(H,29,33)(H,31,32)/b16-6-,28-11?/t18-,19+,24+/m0/s1. The van der Waals surface area contributed by atoms with Gasteiger partial charge in [0.15, 0.2) is 0 Å². The molecule has 0 radical (unpaired) electrons. The average molecular weight is 494 g/mol. The summed E-state index contributed by atoms with van der Waals surface area (Å²) in [4.78, 5) is 30.0. The van der Waals surface area contributed by atoms with Crippen LogP contribution in [0.25, 0.3) is 0 Å². The minimum Gasteiger partial charge on any atom is -0.480 e. The molecule has 0 aromatic heterocycles. The Bertz CT molecular complexity index is 1090. The van der Waals surface area contributed by atoms with Gasteiger partial charge < -0.3 is 10.4 Å². The van der Waals surface area contributed by atoms with Gasteiger partial charge in [-0.15, -0.1) is 0 Å². The number of aliphatic carboxylic acids is 1. The van der Waals surface area contributed by atoms with Crippen LogP contribution in [0.5, 0.6) is 0 Å². The van der Waals surface area contributed by atoms with Gasteiger partial charge in [0.25, 0.3) is 0 Å². The van der Waals surface area contributed by atoms with Crippen molar-refractivity contribution >= 4 is 47.0 Å². The summed E-state index contributed by atoms with van der Waals surface area (Å²) in [7, 11) is 0. The van der Waals surface area contributed by atoms with Crippen LogP contribution >= 0.6 is 23.2 Å². The van der Waals surface area contributed by atoms with E-state index in [9.17, 15) is 14.7 Å². The molecular weight excluding hydrogens is 468 g/mol. The van der Waals surface area contributed by atoms with E-state index < -0.39 is 40.6 Å². The van der Waals surface area contributed by atoms with Crippen molar-refractivity contribution in [3.05, 3.63) is 52.4 Å². The maximum atomic E-state index is 15.9. The molecule has 4 rings (SSSR count). The summed E-state index contributed by atoms with van der Waals surface area (Å²) in [5.41, 5.74) is -1.35. The second-order valence-corrected chi connectivity index (χ2v) is 10.7. The first-order valence-corrected chi connectivity index (χ1v) is 11.6. The lowest BCUT2D eigenvalue weighted by Gasteiger charge is -2.50. The van der Waals surface area contributed by atoms with Gasteiger partial charge in [-0.05, 0) is 54.9 Å². The van der Waals surface area contributed by atoms with Crippen LogP contribution in [0.1, 0.15) is 45.1 Å². The van der Waals surface area contributed by atoms with Crippen molar-refractivity contribution in [2.24, 2.45) is 16.3 Å². The van der Waals surface area contributed by atoms with Crippen LogP contribution in [-0.4, -0.2) is 34.8 Å². The lowest BCUT2D eigenvalue weighted by Crippen LogP contribution is -2.61. The summed E-state index contributed by atoms with van der Waals surface area (Å²) in [6.07, 6.45) is 4.75. The van der Waals surface area contributed by atoms with E-state index in [0.717, 1.165) is 25.1 Å². The Hall–Kier alpha value is -2.22. The zero-order valence-corrected chi connectivity index (χ0v) is 19.9. The lowest BCUT2D eigenvalue weighted by atomic mass is 9.54. The Labute approximate surface area is 201 Å². The summed E-state index contributed by atoms with van der Waals surface area (Å²) in [6, 6.07) is 3.66. The van der Waals surface area contributed by atoms with Crippen LogP contribution in [0.15, 0.2) is 46.8 Å². The Kier molecular flexibility index (Phi) is 5.96. The third-order valence-corrected chi connectivity index (χ3v) is 7.80. The number of hydrogen-bond acceptors (Lipinski definition) is 4. The van der Waals surface area contributed by atoms with E-state index in [1.807, 2.05) is 0 Å². The zero-order valence-electron chi connectivity index (χ0n) is 18.4. The number of carboxylic acids is 1. The van der Waals surface area contributed by atoms with E-state index in [1.54, 1.807) is 18.2 Å². The van der Waals surface area contributed by atoms with E-state index in [1.165, 1.54) is 0 Å². The van der Waals surface area contributed by atoms with Crippen molar-refractivity contribution in [2.75, 3.05) is 5.32 Å². The number of anilines is 1. The van der Waals surface area contributed by atoms with Gasteiger partial charge in [0.2, 0.25) is 5.91 Å². The van der Waals surface area contributed by atoms with Crippen LogP contribution in [0.3, 0.4) is 0 Å². The minimum absolute atomic E-state index is 0.0323. The highest BCUT2D eigenvalue weighted by atomic mass is 35.5. The molecule has 2 heterocycles. The van der Waals surface area contributed by atoms with E-state index in [-0.39, 0.29) is 10.6 Å². The monoisotopic (exact) mass is 493 g/mol. The number of halogens is 3. The molecule has 6 nitrogen and oxygen atoms in total. The first-order chi connectivity index (χ1) is 15.4. The molecule has 1 aliphatic carbocycles. The highest BCUT2D eigenvalue weighted by molar-refractivity contribution is 6.31. The topological polar surface area (TPSA) is 90.8 Å². The molecule has 2 fully saturated rings. The fourth-order valence-corrected chi connectivity index (χ4v) is 6.12. The van der Waals surface area contributed by atoms with Crippen molar-refractivity contribution in [3.63, 3.8) is 0 Å². The Morgan fingerprint density at radius 2 is 1.97 bits per heavy atom. The molecule has 1 saturated heterocycles. The molecule has 33 heavy (non-hydrogen) atoms. The molecule has 2 spiro atoms. The summed E-state index contributed by atoms with van der Waals surface area (Å²) < 4.78 is 15.9. The molecule has 0 bridgehead atoms. The molecule has 1 amide bonds. The minimum atomic E-state index is -1.47. The average Bonchev–Trinajstić information content (AvgIpc) is 3.18. The van der Waals surface area contributed by atoms with E-state index in [0.29, 0.717) is 29.1 Å². The molecule has 0 unspecified atom stereocenters. The third-order valence-electron chi connectivity index (χ3n) is 7.47. The summed E-state index contributed by atoms with van der Waals surface area (Å²) in [5.74, 6) is -3.72. The van der Waals surface area contributed by atoms with Crippen molar-refractivity contribution in [1.29, 1.82) is 0 Å². The highest BCUT2D eigenvalue weighted by Gasteiger charge is 2.73. The van der Waals surface area contributed by atoms with Gasteiger partial charge in [-0.2, -0.15) is 0 Å². The van der Waals surface area contributed by atoms with Gasteiger partial charge in [0.05, 0.1) is 5.92 Å². The molecule has 1 aromatic carbocycles. The van der Waals surface area contributed by atoms with Gasteiger partial charge >= 0.3 is 5.97 Å². The number of benzene rings is 1. The van der Waals surface area contributed by atoms with Gasteiger partial charge in [-0.3, -0.25) is 14.9 Å². The maximum absolute atomic E-state index is 15.9. The zero-order chi connectivity index (χ0) is 24.2.